The molecule has 0 saturated carbocycles. The number of hydrogen-bond acceptors (Lipinski definition) is 3. The summed E-state index contributed by atoms with van der Waals surface area (Å²) in [5.41, 5.74) is 2.81. The average molecular weight is 461 g/mol. The Kier molecular flexibility index (Phi) is 7.48. The SMILES string of the molecule is Cc1ccc([C@H]2c3ccsc3CCN2C(=O)CN(CC(C)C)C(=O)C(C)(C)CCl)cc1. The van der Waals surface area contributed by atoms with Gasteiger partial charge < -0.3 is 9.80 Å². The molecule has 0 spiro atoms. The molecule has 2 aromatic rings. The number of alkyl halides is 1. The maximum atomic E-state index is 13.6. The predicted octanol–water partition coefficient (Wildman–Crippen LogP) is 5.28. The number of benzene rings is 1. The number of carbonyl (C=O) groups is 2. The molecule has 0 fully saturated rings. The second-order valence-electron chi connectivity index (χ2n) is 9.55. The highest BCUT2D eigenvalue weighted by molar-refractivity contribution is 7.10. The smallest absolute Gasteiger partial charge is 0.242 e. The van der Waals surface area contributed by atoms with Crippen molar-refractivity contribution in [2.45, 2.75) is 47.1 Å². The van der Waals surface area contributed by atoms with Crippen LogP contribution in [0.1, 0.15) is 55.3 Å². The van der Waals surface area contributed by atoms with Gasteiger partial charge in [-0.05, 0) is 55.7 Å². The third kappa shape index (κ3) is 5.32. The van der Waals surface area contributed by atoms with E-state index in [1.165, 1.54) is 16.0 Å². The zero-order chi connectivity index (χ0) is 22.8. The molecule has 0 radical (unpaired) electrons. The third-order valence-corrected chi connectivity index (χ3v) is 7.46. The Balaban J connectivity index is 1.90. The van der Waals surface area contributed by atoms with Crippen molar-refractivity contribution in [1.29, 1.82) is 0 Å². The number of thiophene rings is 1. The number of amides is 2. The minimum Gasteiger partial charge on any atom is -0.333 e. The van der Waals surface area contributed by atoms with Gasteiger partial charge in [0.2, 0.25) is 11.8 Å². The molecular weight excluding hydrogens is 428 g/mol. The lowest BCUT2D eigenvalue weighted by molar-refractivity contribution is -0.146. The van der Waals surface area contributed by atoms with E-state index in [0.717, 1.165) is 12.0 Å². The van der Waals surface area contributed by atoms with E-state index in [0.29, 0.717) is 13.1 Å². The molecule has 3 rings (SSSR count). The van der Waals surface area contributed by atoms with Crippen LogP contribution in [-0.4, -0.2) is 47.1 Å². The first-order chi connectivity index (χ1) is 14.6. The molecule has 0 unspecified atom stereocenters. The fraction of sp³-hybridized carbons (Fsp3) is 0.520. The van der Waals surface area contributed by atoms with E-state index in [-0.39, 0.29) is 36.2 Å². The van der Waals surface area contributed by atoms with Crippen molar-refractivity contribution in [1.82, 2.24) is 9.80 Å². The number of halogens is 1. The van der Waals surface area contributed by atoms with Crippen molar-refractivity contribution in [2.24, 2.45) is 11.3 Å². The van der Waals surface area contributed by atoms with Gasteiger partial charge in [0.05, 0.1) is 18.0 Å². The van der Waals surface area contributed by atoms with E-state index in [9.17, 15) is 9.59 Å². The van der Waals surface area contributed by atoms with Gasteiger partial charge in [-0.25, -0.2) is 0 Å². The maximum Gasteiger partial charge on any atom is 0.242 e. The molecule has 31 heavy (non-hydrogen) atoms. The highest BCUT2D eigenvalue weighted by atomic mass is 35.5. The van der Waals surface area contributed by atoms with Crippen LogP contribution in [0, 0.1) is 18.3 Å². The number of nitrogens with zero attached hydrogens (tertiary/aromatic N) is 2. The van der Waals surface area contributed by atoms with Crippen molar-refractivity contribution in [2.75, 3.05) is 25.5 Å². The van der Waals surface area contributed by atoms with Crippen molar-refractivity contribution in [3.63, 3.8) is 0 Å². The number of carbonyl (C=O) groups excluding carboxylic acids is 2. The van der Waals surface area contributed by atoms with Crippen LogP contribution in [0.2, 0.25) is 0 Å². The molecule has 1 aromatic carbocycles. The van der Waals surface area contributed by atoms with Crippen LogP contribution in [0.3, 0.4) is 0 Å². The van der Waals surface area contributed by atoms with Crippen molar-refractivity contribution < 1.29 is 9.59 Å². The minimum atomic E-state index is -0.699. The van der Waals surface area contributed by atoms with Crippen LogP contribution >= 0.6 is 22.9 Å². The van der Waals surface area contributed by atoms with Crippen molar-refractivity contribution in [3.05, 3.63) is 57.3 Å². The summed E-state index contributed by atoms with van der Waals surface area (Å²) in [6.07, 6.45) is 0.854. The predicted molar refractivity (Wildman–Crippen MR) is 129 cm³/mol. The van der Waals surface area contributed by atoms with Crippen LogP contribution in [0.5, 0.6) is 0 Å². The monoisotopic (exact) mass is 460 g/mol. The molecule has 2 heterocycles. The Morgan fingerprint density at radius 3 is 2.52 bits per heavy atom. The van der Waals surface area contributed by atoms with E-state index in [4.69, 9.17) is 11.6 Å². The van der Waals surface area contributed by atoms with E-state index in [2.05, 4.69) is 56.5 Å². The van der Waals surface area contributed by atoms with Crippen molar-refractivity contribution in [3.8, 4) is 0 Å². The molecule has 0 saturated heterocycles. The average Bonchev–Trinajstić information content (AvgIpc) is 3.21. The highest BCUT2D eigenvalue weighted by Gasteiger charge is 2.36. The molecule has 0 N–H and O–H groups in total. The molecule has 2 amide bonds. The van der Waals surface area contributed by atoms with Gasteiger partial charge >= 0.3 is 0 Å². The third-order valence-electron chi connectivity index (χ3n) is 5.79. The number of aryl methyl sites for hydroxylation is 1. The first kappa shape index (κ1) is 23.8. The van der Waals surface area contributed by atoms with Gasteiger partial charge in [0.15, 0.2) is 0 Å². The Labute approximate surface area is 195 Å². The molecule has 1 aliphatic heterocycles. The summed E-state index contributed by atoms with van der Waals surface area (Å²) in [6, 6.07) is 10.4. The van der Waals surface area contributed by atoms with Crippen LogP contribution < -0.4 is 0 Å². The van der Waals surface area contributed by atoms with Crippen LogP contribution in [0.25, 0.3) is 0 Å². The van der Waals surface area contributed by atoms with Gasteiger partial charge in [0.25, 0.3) is 0 Å². The Morgan fingerprint density at radius 2 is 1.90 bits per heavy atom. The molecule has 1 aromatic heterocycles. The summed E-state index contributed by atoms with van der Waals surface area (Å²) in [7, 11) is 0. The van der Waals surface area contributed by atoms with Crippen LogP contribution in [-0.2, 0) is 16.0 Å². The Bertz CT molecular complexity index is 920. The second-order valence-corrected chi connectivity index (χ2v) is 10.8. The number of hydrogen-bond donors (Lipinski definition) is 0. The van der Waals surface area contributed by atoms with Crippen LogP contribution in [0.4, 0.5) is 0 Å². The Hall–Kier alpha value is -1.85. The lowest BCUT2D eigenvalue weighted by atomic mass is 9.92. The molecule has 0 aliphatic carbocycles. The molecule has 0 bridgehead atoms. The molecule has 4 nitrogen and oxygen atoms in total. The summed E-state index contributed by atoms with van der Waals surface area (Å²) in [4.78, 5) is 31.8. The maximum absolute atomic E-state index is 13.6. The van der Waals surface area contributed by atoms with Crippen molar-refractivity contribution >= 4 is 34.8 Å². The van der Waals surface area contributed by atoms with Gasteiger partial charge in [0, 0.05) is 23.8 Å². The molecule has 6 heteroatoms. The second kappa shape index (κ2) is 9.74. The summed E-state index contributed by atoms with van der Waals surface area (Å²) in [5.74, 6) is 0.412. The van der Waals surface area contributed by atoms with Gasteiger partial charge in [-0.3, -0.25) is 9.59 Å². The summed E-state index contributed by atoms with van der Waals surface area (Å²) < 4.78 is 0. The van der Waals surface area contributed by atoms with E-state index < -0.39 is 5.41 Å². The number of fused-ring (bicyclic) bond motifs is 1. The van der Waals surface area contributed by atoms with E-state index >= 15 is 0 Å². The molecule has 168 valence electrons. The van der Waals surface area contributed by atoms with Crippen LogP contribution in [0.15, 0.2) is 35.7 Å². The molecule has 1 aliphatic rings. The molecule has 1 atom stereocenters. The normalized spacial score (nSPS) is 16.4. The lowest BCUT2D eigenvalue weighted by Gasteiger charge is -2.39. The topological polar surface area (TPSA) is 40.6 Å². The molecular formula is C25H33ClN2O2S. The first-order valence-corrected chi connectivity index (χ1v) is 12.3. The number of rotatable bonds is 7. The van der Waals surface area contributed by atoms with E-state index in [1.54, 1.807) is 16.2 Å². The summed E-state index contributed by atoms with van der Waals surface area (Å²) >= 11 is 7.83. The fourth-order valence-corrected chi connectivity index (χ4v) is 5.11. The van der Waals surface area contributed by atoms with Gasteiger partial charge in [-0.15, -0.1) is 22.9 Å². The summed E-state index contributed by atoms with van der Waals surface area (Å²) in [5, 5.41) is 2.11. The van der Waals surface area contributed by atoms with Gasteiger partial charge in [-0.2, -0.15) is 0 Å². The largest absolute Gasteiger partial charge is 0.333 e. The highest BCUT2D eigenvalue weighted by Crippen LogP contribution is 2.38. The standard InChI is InChI=1S/C25H33ClN2O2S/c1-17(2)14-27(24(30)25(4,5)16-26)15-22(29)28-12-10-21-20(11-13-31-21)23(28)19-8-6-18(3)7-9-19/h6-9,11,13,17,23H,10,12,14-16H2,1-5H3/t23-/m0/s1. The lowest BCUT2D eigenvalue weighted by Crippen LogP contribution is -2.50. The zero-order valence-corrected chi connectivity index (χ0v) is 20.7. The van der Waals surface area contributed by atoms with Gasteiger partial charge in [0.1, 0.15) is 0 Å². The summed E-state index contributed by atoms with van der Waals surface area (Å²) in [6.45, 7) is 11.2. The zero-order valence-electron chi connectivity index (χ0n) is 19.2. The van der Waals surface area contributed by atoms with E-state index in [1.807, 2.05) is 18.7 Å². The first-order valence-electron chi connectivity index (χ1n) is 10.9. The quantitative estimate of drug-likeness (QED) is 0.527. The fourth-order valence-electron chi connectivity index (χ4n) is 4.09. The minimum absolute atomic E-state index is 0.0122. The van der Waals surface area contributed by atoms with Gasteiger partial charge in [-0.1, -0.05) is 43.7 Å². The Morgan fingerprint density at radius 1 is 1.23 bits per heavy atom.